The zero-order chi connectivity index (χ0) is 18.9. The quantitative estimate of drug-likeness (QED) is 0.789. The first-order valence-corrected chi connectivity index (χ1v) is 9.32. The molecule has 1 N–H and O–H groups in total. The maximum atomic E-state index is 14.2. The molecule has 1 fully saturated rings. The van der Waals surface area contributed by atoms with E-state index in [9.17, 15) is 13.6 Å². The molecule has 2 aliphatic heterocycles. The average molecular weight is 384 g/mol. The van der Waals surface area contributed by atoms with Crippen LogP contribution in [0.2, 0.25) is 0 Å². The summed E-state index contributed by atoms with van der Waals surface area (Å²) in [6, 6.07) is 0. The molecule has 142 valence electrons. The van der Waals surface area contributed by atoms with Gasteiger partial charge in [0.05, 0.1) is 25.3 Å². The number of esters is 1. The van der Waals surface area contributed by atoms with Crippen LogP contribution < -0.4 is 5.32 Å². The lowest BCUT2D eigenvalue weighted by Gasteiger charge is -2.25. The highest BCUT2D eigenvalue weighted by Crippen LogP contribution is 2.43. The summed E-state index contributed by atoms with van der Waals surface area (Å²) in [4.78, 5) is 22.5. The molecule has 3 heterocycles. The van der Waals surface area contributed by atoms with E-state index in [4.69, 9.17) is 4.74 Å². The second-order valence-corrected chi connectivity index (χ2v) is 7.93. The van der Waals surface area contributed by atoms with E-state index in [0.717, 1.165) is 0 Å². The summed E-state index contributed by atoms with van der Waals surface area (Å²) in [5.41, 5.74) is -0.184. The molecule has 2 aliphatic rings. The average Bonchev–Trinajstić information content (AvgIpc) is 3.14. The van der Waals surface area contributed by atoms with E-state index in [1.165, 1.54) is 11.3 Å². The molecule has 0 unspecified atom stereocenters. The van der Waals surface area contributed by atoms with Crippen LogP contribution in [0.5, 0.6) is 0 Å². The fourth-order valence-corrected chi connectivity index (χ4v) is 3.67. The van der Waals surface area contributed by atoms with E-state index in [0.29, 0.717) is 22.1 Å². The van der Waals surface area contributed by atoms with Crippen molar-refractivity contribution in [1.29, 1.82) is 0 Å². The number of hydrogen-bond donors (Lipinski definition) is 1. The predicted octanol–water partition coefficient (Wildman–Crippen LogP) is 2.29. The fourth-order valence-electron chi connectivity index (χ4n) is 3.07. The minimum atomic E-state index is -2.78. The van der Waals surface area contributed by atoms with Crippen LogP contribution in [-0.2, 0) is 9.53 Å². The molecule has 0 aliphatic carbocycles. The van der Waals surface area contributed by atoms with Crippen molar-refractivity contribution < 1.29 is 18.3 Å². The summed E-state index contributed by atoms with van der Waals surface area (Å²) in [5.74, 6) is -2.70. The van der Waals surface area contributed by atoms with Gasteiger partial charge in [0.25, 0.3) is 5.92 Å². The van der Waals surface area contributed by atoms with E-state index in [-0.39, 0.29) is 32.8 Å². The first-order chi connectivity index (χ1) is 12.2. The third-order valence-corrected chi connectivity index (χ3v) is 5.38. The van der Waals surface area contributed by atoms with Gasteiger partial charge in [0.15, 0.2) is 10.8 Å². The molecule has 0 spiro atoms. The minimum Gasteiger partial charge on any atom is -0.463 e. The van der Waals surface area contributed by atoms with Crippen molar-refractivity contribution in [1.82, 2.24) is 15.2 Å². The first-order valence-electron chi connectivity index (χ1n) is 8.44. The standard InChI is InChI=1S/C17H22F2N4O2S/c1-4-25-15(24)11-7-21-13(14-20-5-6-26-14)22-12(11)8-23-9-16(2,3)17(18,19)10-23/h5-6H,4,7-10H2,1-3H3,(H,21,22). The number of carbonyl (C=O) groups excluding carboxylic acids is 1. The zero-order valence-electron chi connectivity index (χ0n) is 15.0. The Kier molecular flexibility index (Phi) is 5.12. The van der Waals surface area contributed by atoms with Crippen molar-refractivity contribution in [2.45, 2.75) is 26.7 Å². The molecule has 1 saturated heterocycles. The van der Waals surface area contributed by atoms with Crippen molar-refractivity contribution in [3.63, 3.8) is 0 Å². The molecule has 0 bridgehead atoms. The highest BCUT2D eigenvalue weighted by atomic mass is 32.1. The highest BCUT2D eigenvalue weighted by Gasteiger charge is 2.54. The number of ether oxygens (including phenoxy) is 1. The summed E-state index contributed by atoms with van der Waals surface area (Å²) in [7, 11) is 0. The van der Waals surface area contributed by atoms with Gasteiger partial charge in [-0.3, -0.25) is 9.89 Å². The van der Waals surface area contributed by atoms with Gasteiger partial charge >= 0.3 is 5.97 Å². The molecule has 0 saturated carbocycles. The van der Waals surface area contributed by atoms with E-state index in [2.05, 4.69) is 15.3 Å². The van der Waals surface area contributed by atoms with Crippen LogP contribution in [0.15, 0.2) is 27.8 Å². The van der Waals surface area contributed by atoms with Crippen molar-refractivity contribution >= 4 is 23.1 Å². The second kappa shape index (κ2) is 7.03. The topological polar surface area (TPSA) is 66.8 Å². The van der Waals surface area contributed by atoms with E-state index in [1.54, 1.807) is 31.9 Å². The molecule has 6 nitrogen and oxygen atoms in total. The second-order valence-electron chi connectivity index (χ2n) is 7.04. The van der Waals surface area contributed by atoms with Crippen molar-refractivity contribution in [2.75, 3.05) is 32.8 Å². The lowest BCUT2D eigenvalue weighted by molar-refractivity contribution is -0.138. The smallest absolute Gasteiger partial charge is 0.337 e. The summed E-state index contributed by atoms with van der Waals surface area (Å²) in [6.07, 6.45) is 1.66. The molecule has 1 aromatic heterocycles. The van der Waals surface area contributed by atoms with E-state index >= 15 is 0 Å². The van der Waals surface area contributed by atoms with Crippen LogP contribution >= 0.6 is 11.3 Å². The molecular formula is C17H22F2N4O2S. The number of nitrogens with one attached hydrogen (secondary N) is 1. The van der Waals surface area contributed by atoms with Gasteiger partial charge in [-0.2, -0.15) is 0 Å². The number of alkyl halides is 2. The van der Waals surface area contributed by atoms with Crippen LogP contribution in [0, 0.1) is 5.41 Å². The van der Waals surface area contributed by atoms with Crippen LogP contribution in [0.3, 0.4) is 0 Å². The minimum absolute atomic E-state index is 0.143. The molecule has 1 aromatic rings. The Balaban J connectivity index is 1.82. The predicted molar refractivity (Wildman–Crippen MR) is 95.5 cm³/mol. The molecule has 9 heteroatoms. The molecule has 0 aromatic carbocycles. The first kappa shape index (κ1) is 18.9. The Bertz CT molecular complexity index is 728. The summed E-state index contributed by atoms with van der Waals surface area (Å²) in [5, 5.41) is 5.64. The fraction of sp³-hybridized carbons (Fsp3) is 0.588. The third kappa shape index (κ3) is 3.64. The number of amidine groups is 1. The largest absolute Gasteiger partial charge is 0.463 e. The summed E-state index contributed by atoms with van der Waals surface area (Å²) in [6.45, 7) is 5.34. The third-order valence-electron chi connectivity index (χ3n) is 4.60. The number of aliphatic imine (C=N–C) groups is 1. The Morgan fingerprint density at radius 1 is 1.42 bits per heavy atom. The Hall–Kier alpha value is -1.87. The van der Waals surface area contributed by atoms with E-state index in [1.807, 2.05) is 5.38 Å². The highest BCUT2D eigenvalue weighted by molar-refractivity contribution is 7.11. The van der Waals surface area contributed by atoms with Crippen molar-refractivity contribution in [3.05, 3.63) is 27.9 Å². The number of halogens is 2. The monoisotopic (exact) mass is 384 g/mol. The maximum Gasteiger partial charge on any atom is 0.337 e. The van der Waals surface area contributed by atoms with Gasteiger partial charge in [-0.05, 0) is 6.92 Å². The van der Waals surface area contributed by atoms with Gasteiger partial charge in [-0.15, -0.1) is 11.3 Å². The van der Waals surface area contributed by atoms with Gasteiger partial charge in [-0.25, -0.2) is 18.6 Å². The molecule has 0 radical (unpaired) electrons. The van der Waals surface area contributed by atoms with Gasteiger partial charge in [0.1, 0.15) is 0 Å². The lowest BCUT2D eigenvalue weighted by Crippen LogP contribution is -2.38. The van der Waals surface area contributed by atoms with Crippen LogP contribution in [0.1, 0.15) is 25.8 Å². The number of thiazole rings is 1. The molecule has 3 rings (SSSR count). The summed E-state index contributed by atoms with van der Waals surface area (Å²) < 4.78 is 33.5. The van der Waals surface area contributed by atoms with E-state index < -0.39 is 17.3 Å². The van der Waals surface area contributed by atoms with Crippen LogP contribution in [0.25, 0.3) is 0 Å². The SMILES string of the molecule is CCOC(=O)C1=C(CN2CC(C)(C)C(F)(F)C2)NC(c2nccs2)=NC1. The lowest BCUT2D eigenvalue weighted by atomic mass is 9.89. The van der Waals surface area contributed by atoms with Gasteiger partial charge < -0.3 is 10.1 Å². The normalized spacial score (nSPS) is 22.1. The van der Waals surface area contributed by atoms with Crippen LogP contribution in [-0.4, -0.2) is 60.4 Å². The van der Waals surface area contributed by atoms with Gasteiger partial charge in [0.2, 0.25) is 0 Å². The molecule has 0 atom stereocenters. The zero-order valence-corrected chi connectivity index (χ0v) is 15.8. The maximum absolute atomic E-state index is 14.2. The van der Waals surface area contributed by atoms with Gasteiger partial charge in [-0.1, -0.05) is 13.8 Å². The molecule has 26 heavy (non-hydrogen) atoms. The van der Waals surface area contributed by atoms with Crippen molar-refractivity contribution in [2.24, 2.45) is 10.4 Å². The number of nitrogens with zero attached hydrogens (tertiary/aromatic N) is 3. The van der Waals surface area contributed by atoms with Crippen LogP contribution in [0.4, 0.5) is 8.78 Å². The number of carbonyl (C=O) groups is 1. The number of likely N-dealkylation sites (tertiary alicyclic amines) is 1. The molecule has 0 amide bonds. The number of aromatic nitrogens is 1. The summed E-state index contributed by atoms with van der Waals surface area (Å²) >= 11 is 1.42. The molecular weight excluding hydrogens is 362 g/mol. The number of hydrogen-bond acceptors (Lipinski definition) is 7. The Labute approximate surface area is 155 Å². The number of rotatable bonds is 5. The van der Waals surface area contributed by atoms with Crippen molar-refractivity contribution in [3.8, 4) is 0 Å². The van der Waals surface area contributed by atoms with Gasteiger partial charge in [0, 0.05) is 35.8 Å². The Morgan fingerprint density at radius 2 is 2.19 bits per heavy atom. The Morgan fingerprint density at radius 3 is 2.77 bits per heavy atom.